The summed E-state index contributed by atoms with van der Waals surface area (Å²) in [7, 11) is 0. The second-order valence-electron chi connectivity index (χ2n) is 8.59. The minimum atomic E-state index is -0.498. The van der Waals surface area contributed by atoms with Crippen LogP contribution >= 0.6 is 0 Å². The maximum atomic E-state index is 12.1. The van der Waals surface area contributed by atoms with E-state index in [9.17, 15) is 9.59 Å². The summed E-state index contributed by atoms with van der Waals surface area (Å²) in [5, 5.41) is 5.65. The second-order valence-corrected chi connectivity index (χ2v) is 8.59. The van der Waals surface area contributed by atoms with Crippen molar-refractivity contribution >= 4 is 11.8 Å². The van der Waals surface area contributed by atoms with Crippen LogP contribution in [0.1, 0.15) is 64.9 Å². The Kier molecular flexibility index (Phi) is 7.67. The predicted molar refractivity (Wildman–Crippen MR) is 106 cm³/mol. The summed E-state index contributed by atoms with van der Waals surface area (Å²) in [4.78, 5) is 24.0. The van der Waals surface area contributed by atoms with Gasteiger partial charge in [-0.05, 0) is 61.8 Å². The zero-order chi connectivity index (χ0) is 19.0. The van der Waals surface area contributed by atoms with Crippen molar-refractivity contribution in [3.63, 3.8) is 0 Å². The highest BCUT2D eigenvalue weighted by atomic mass is 16.2. The van der Waals surface area contributed by atoms with Crippen molar-refractivity contribution in [3.05, 3.63) is 35.9 Å². The Balaban J connectivity index is 1.59. The molecule has 0 radical (unpaired) electrons. The third kappa shape index (κ3) is 6.81. The van der Waals surface area contributed by atoms with Crippen molar-refractivity contribution < 1.29 is 9.59 Å². The van der Waals surface area contributed by atoms with E-state index in [2.05, 4.69) is 43.5 Å². The Labute approximate surface area is 158 Å². The van der Waals surface area contributed by atoms with E-state index in [4.69, 9.17) is 0 Å². The van der Waals surface area contributed by atoms with Crippen LogP contribution in [0, 0.1) is 11.3 Å². The third-order valence-corrected chi connectivity index (χ3v) is 5.51. The molecule has 0 aromatic heterocycles. The SMILES string of the molecule is CC(C)(C)C1CCC(NC(=O)C(=O)NCCCCc2ccccc2)CC1. The molecule has 0 spiro atoms. The summed E-state index contributed by atoms with van der Waals surface area (Å²) in [5.41, 5.74) is 1.63. The van der Waals surface area contributed by atoms with E-state index in [1.807, 2.05) is 18.2 Å². The highest BCUT2D eigenvalue weighted by Gasteiger charge is 2.30. The van der Waals surface area contributed by atoms with Crippen molar-refractivity contribution in [2.24, 2.45) is 11.3 Å². The van der Waals surface area contributed by atoms with Crippen LogP contribution in [-0.4, -0.2) is 24.4 Å². The van der Waals surface area contributed by atoms with E-state index < -0.39 is 11.8 Å². The van der Waals surface area contributed by atoms with Gasteiger partial charge in [-0.1, -0.05) is 51.1 Å². The predicted octanol–water partition coefficient (Wildman–Crippen LogP) is 3.85. The molecule has 1 aliphatic rings. The molecule has 26 heavy (non-hydrogen) atoms. The summed E-state index contributed by atoms with van der Waals surface area (Å²) < 4.78 is 0. The van der Waals surface area contributed by atoms with Crippen LogP contribution in [-0.2, 0) is 16.0 Å². The van der Waals surface area contributed by atoms with E-state index in [0.717, 1.165) is 44.9 Å². The fraction of sp³-hybridized carbons (Fsp3) is 0.636. The molecule has 1 aliphatic carbocycles. The van der Waals surface area contributed by atoms with Gasteiger partial charge in [-0.2, -0.15) is 0 Å². The largest absolute Gasteiger partial charge is 0.348 e. The van der Waals surface area contributed by atoms with Gasteiger partial charge in [0.25, 0.3) is 0 Å². The Hall–Kier alpha value is -1.84. The topological polar surface area (TPSA) is 58.2 Å². The van der Waals surface area contributed by atoms with Gasteiger partial charge < -0.3 is 10.6 Å². The average molecular weight is 359 g/mol. The third-order valence-electron chi connectivity index (χ3n) is 5.51. The number of hydrogen-bond donors (Lipinski definition) is 2. The molecule has 0 aliphatic heterocycles. The number of aryl methyl sites for hydroxylation is 1. The molecular weight excluding hydrogens is 324 g/mol. The number of unbranched alkanes of at least 4 members (excludes halogenated alkanes) is 1. The molecule has 1 saturated carbocycles. The minimum Gasteiger partial charge on any atom is -0.348 e. The van der Waals surface area contributed by atoms with Crippen LogP contribution in [0.25, 0.3) is 0 Å². The van der Waals surface area contributed by atoms with E-state index in [1.54, 1.807) is 0 Å². The highest BCUT2D eigenvalue weighted by Crippen LogP contribution is 2.37. The van der Waals surface area contributed by atoms with Crippen molar-refractivity contribution in [1.82, 2.24) is 10.6 Å². The van der Waals surface area contributed by atoms with Crippen molar-refractivity contribution in [1.29, 1.82) is 0 Å². The van der Waals surface area contributed by atoms with Crippen LogP contribution in [0.5, 0.6) is 0 Å². The smallest absolute Gasteiger partial charge is 0.309 e. The average Bonchev–Trinajstić information content (AvgIpc) is 2.62. The maximum Gasteiger partial charge on any atom is 0.309 e. The lowest BCUT2D eigenvalue weighted by molar-refractivity contribution is -0.139. The van der Waals surface area contributed by atoms with Gasteiger partial charge in [0, 0.05) is 12.6 Å². The molecule has 2 amide bonds. The first-order chi connectivity index (χ1) is 12.4. The van der Waals surface area contributed by atoms with Gasteiger partial charge in [-0.15, -0.1) is 0 Å². The first kappa shape index (κ1) is 20.5. The molecule has 1 aromatic rings. The molecule has 0 heterocycles. The lowest BCUT2D eigenvalue weighted by Gasteiger charge is -2.37. The van der Waals surface area contributed by atoms with Gasteiger partial charge in [0.2, 0.25) is 0 Å². The Bertz CT molecular complexity index is 570. The molecule has 0 saturated heterocycles. The van der Waals surface area contributed by atoms with Crippen LogP contribution in [0.3, 0.4) is 0 Å². The first-order valence-electron chi connectivity index (χ1n) is 9.99. The highest BCUT2D eigenvalue weighted by molar-refractivity contribution is 6.35. The summed E-state index contributed by atoms with van der Waals surface area (Å²) in [6.07, 6.45) is 7.06. The molecule has 1 aromatic carbocycles. The van der Waals surface area contributed by atoms with Gasteiger partial charge in [0.15, 0.2) is 0 Å². The van der Waals surface area contributed by atoms with Crippen molar-refractivity contribution in [2.45, 2.75) is 71.8 Å². The first-order valence-corrected chi connectivity index (χ1v) is 9.99. The van der Waals surface area contributed by atoms with Crippen LogP contribution in [0.4, 0.5) is 0 Å². The normalized spacial score (nSPS) is 20.4. The van der Waals surface area contributed by atoms with Gasteiger partial charge in [-0.3, -0.25) is 9.59 Å². The Morgan fingerprint density at radius 3 is 2.23 bits per heavy atom. The van der Waals surface area contributed by atoms with Gasteiger partial charge in [-0.25, -0.2) is 0 Å². The number of benzene rings is 1. The standard InChI is InChI=1S/C22H34N2O2/c1-22(2,3)18-12-14-19(15-13-18)24-21(26)20(25)23-16-8-7-11-17-9-5-4-6-10-17/h4-6,9-10,18-19H,7-8,11-16H2,1-3H3,(H,23,25)(H,24,26). The van der Waals surface area contributed by atoms with E-state index in [1.165, 1.54) is 5.56 Å². The molecule has 2 rings (SSSR count). The zero-order valence-corrected chi connectivity index (χ0v) is 16.5. The van der Waals surface area contributed by atoms with Crippen LogP contribution in [0.15, 0.2) is 30.3 Å². The van der Waals surface area contributed by atoms with Crippen molar-refractivity contribution in [3.8, 4) is 0 Å². The number of hydrogen-bond acceptors (Lipinski definition) is 2. The van der Waals surface area contributed by atoms with Gasteiger partial charge >= 0.3 is 11.8 Å². The van der Waals surface area contributed by atoms with Crippen LogP contribution < -0.4 is 10.6 Å². The minimum absolute atomic E-state index is 0.143. The monoisotopic (exact) mass is 358 g/mol. The molecule has 4 nitrogen and oxygen atoms in total. The zero-order valence-electron chi connectivity index (χ0n) is 16.5. The molecule has 0 bridgehead atoms. The summed E-state index contributed by atoms with van der Waals surface area (Å²) in [6, 6.07) is 10.5. The van der Waals surface area contributed by atoms with E-state index in [0.29, 0.717) is 17.9 Å². The molecular formula is C22H34N2O2. The Morgan fingerprint density at radius 1 is 0.962 bits per heavy atom. The summed E-state index contributed by atoms with van der Waals surface area (Å²) in [5.74, 6) is -0.274. The molecule has 4 heteroatoms. The molecule has 2 N–H and O–H groups in total. The molecule has 0 atom stereocenters. The summed E-state index contributed by atoms with van der Waals surface area (Å²) in [6.45, 7) is 7.39. The quantitative estimate of drug-likeness (QED) is 0.599. The van der Waals surface area contributed by atoms with Gasteiger partial charge in [0.05, 0.1) is 0 Å². The van der Waals surface area contributed by atoms with Crippen molar-refractivity contribution in [2.75, 3.05) is 6.54 Å². The maximum absolute atomic E-state index is 12.1. The fourth-order valence-electron chi connectivity index (χ4n) is 3.74. The molecule has 1 fully saturated rings. The van der Waals surface area contributed by atoms with Gasteiger partial charge in [0.1, 0.15) is 0 Å². The Morgan fingerprint density at radius 2 is 1.62 bits per heavy atom. The van der Waals surface area contributed by atoms with Crippen LogP contribution in [0.2, 0.25) is 0 Å². The number of carbonyl (C=O) groups excluding carboxylic acids is 2. The lowest BCUT2D eigenvalue weighted by Crippen LogP contribution is -2.46. The number of amides is 2. The van der Waals surface area contributed by atoms with E-state index >= 15 is 0 Å². The number of carbonyl (C=O) groups is 2. The number of rotatable bonds is 6. The van der Waals surface area contributed by atoms with E-state index in [-0.39, 0.29) is 6.04 Å². The summed E-state index contributed by atoms with van der Waals surface area (Å²) >= 11 is 0. The second kappa shape index (κ2) is 9.75. The fourth-order valence-corrected chi connectivity index (χ4v) is 3.74. The molecule has 0 unspecified atom stereocenters. The lowest BCUT2D eigenvalue weighted by atomic mass is 9.71. The molecule has 144 valence electrons. The number of nitrogens with one attached hydrogen (secondary N) is 2.